The Morgan fingerprint density at radius 2 is 2.05 bits per heavy atom. The van der Waals surface area contributed by atoms with Crippen LogP contribution in [0.3, 0.4) is 0 Å². The third-order valence-corrected chi connectivity index (χ3v) is 5.06. The van der Waals surface area contributed by atoms with Crippen molar-refractivity contribution >= 4 is 33.0 Å². The van der Waals surface area contributed by atoms with Crippen LogP contribution >= 0.6 is 27.3 Å². The third kappa shape index (κ3) is 2.29. The molecule has 3 rings (SSSR count). The summed E-state index contributed by atoms with van der Waals surface area (Å²) in [5.74, 6) is 0. The summed E-state index contributed by atoms with van der Waals surface area (Å²) in [4.78, 5) is 1.34. The maximum Gasteiger partial charge on any atom is 0.152 e. The van der Waals surface area contributed by atoms with Gasteiger partial charge in [-0.05, 0) is 55.0 Å². The predicted octanol–water partition coefficient (Wildman–Crippen LogP) is 4.68. The third-order valence-electron chi connectivity index (χ3n) is 3.55. The first-order valence-electron chi connectivity index (χ1n) is 6.25. The van der Waals surface area contributed by atoms with E-state index in [4.69, 9.17) is 0 Å². The number of nitrogens with one attached hydrogen (secondary N) is 1. The molecule has 1 atom stereocenters. The van der Waals surface area contributed by atoms with E-state index in [1.165, 1.54) is 4.88 Å². The average molecular weight is 333 g/mol. The quantitative estimate of drug-likeness (QED) is 0.866. The van der Waals surface area contributed by atoms with Gasteiger partial charge in [-0.15, -0.1) is 11.3 Å². The maximum atomic E-state index is 9.71. The van der Waals surface area contributed by atoms with Gasteiger partial charge in [0.25, 0.3) is 0 Å². The fraction of sp³-hybridized carbons (Fsp3) is 0.267. The average Bonchev–Trinajstić information content (AvgIpc) is 2.91. The zero-order chi connectivity index (χ0) is 13.3. The lowest BCUT2D eigenvalue weighted by Crippen LogP contribution is -2.36. The normalized spacial score (nSPS) is 21.5. The van der Waals surface area contributed by atoms with E-state index in [-0.39, 0.29) is 0 Å². The number of rotatable bonds is 2. The first-order chi connectivity index (χ1) is 9.23. The van der Waals surface area contributed by atoms with Gasteiger partial charge in [0.2, 0.25) is 0 Å². The molecule has 0 fully saturated rings. The van der Waals surface area contributed by atoms with Gasteiger partial charge in [0.1, 0.15) is 0 Å². The molecule has 2 aromatic rings. The Labute approximate surface area is 125 Å². The monoisotopic (exact) mass is 332 g/mol. The molecule has 1 aliphatic rings. The molecule has 0 aliphatic heterocycles. The van der Waals surface area contributed by atoms with E-state index in [0.29, 0.717) is 0 Å². The van der Waals surface area contributed by atoms with Crippen LogP contribution in [0.15, 0.2) is 40.2 Å². The number of fused-ring (bicyclic) bond motifs is 1. The Balaban J connectivity index is 1.98. The number of halogens is 1. The Morgan fingerprint density at radius 3 is 2.79 bits per heavy atom. The topological polar surface area (TPSA) is 35.8 Å². The largest absolute Gasteiger partial charge is 0.364 e. The first-order valence-corrected chi connectivity index (χ1v) is 7.93. The molecule has 2 nitrogen and oxygen atoms in total. The standard InChI is InChI=1S/C15H13BrN2S/c16-11-3-5-12(6-4-11)18-15(10-17)8-1-2-14-13(15)7-9-19-14/h3-7,9,18H,1-2,8H2. The highest BCUT2D eigenvalue weighted by Crippen LogP contribution is 2.40. The van der Waals surface area contributed by atoms with Crippen molar-refractivity contribution in [3.05, 3.63) is 50.6 Å². The van der Waals surface area contributed by atoms with E-state index in [2.05, 4.69) is 38.8 Å². The minimum absolute atomic E-state index is 0.568. The van der Waals surface area contributed by atoms with Crippen molar-refractivity contribution in [3.8, 4) is 6.07 Å². The van der Waals surface area contributed by atoms with Gasteiger partial charge in [0, 0.05) is 20.6 Å². The second-order valence-electron chi connectivity index (χ2n) is 4.76. The van der Waals surface area contributed by atoms with Crippen LogP contribution in [0.4, 0.5) is 5.69 Å². The van der Waals surface area contributed by atoms with Gasteiger partial charge in [0.15, 0.2) is 5.54 Å². The molecule has 0 saturated heterocycles. The van der Waals surface area contributed by atoms with Crippen molar-refractivity contribution in [3.63, 3.8) is 0 Å². The van der Waals surface area contributed by atoms with Crippen LogP contribution in [0.25, 0.3) is 0 Å². The number of nitriles is 1. The maximum absolute atomic E-state index is 9.71. The van der Waals surface area contributed by atoms with Crippen LogP contribution < -0.4 is 5.32 Å². The number of nitrogens with zero attached hydrogens (tertiary/aromatic N) is 1. The summed E-state index contributed by atoms with van der Waals surface area (Å²) < 4.78 is 1.05. The van der Waals surface area contributed by atoms with Gasteiger partial charge in [-0.3, -0.25) is 0 Å². The zero-order valence-corrected chi connectivity index (χ0v) is 12.7. The van der Waals surface area contributed by atoms with Gasteiger partial charge in [-0.2, -0.15) is 5.26 Å². The Kier molecular flexibility index (Phi) is 3.34. The van der Waals surface area contributed by atoms with Crippen molar-refractivity contribution in [2.24, 2.45) is 0 Å². The Bertz CT molecular complexity index is 626. The van der Waals surface area contributed by atoms with Crippen LogP contribution in [-0.4, -0.2) is 0 Å². The fourth-order valence-corrected chi connectivity index (χ4v) is 3.88. The summed E-state index contributed by atoms with van der Waals surface area (Å²) in [6.45, 7) is 0. The summed E-state index contributed by atoms with van der Waals surface area (Å²) in [6, 6.07) is 12.6. The molecule has 0 bridgehead atoms. The number of hydrogen-bond donors (Lipinski definition) is 1. The van der Waals surface area contributed by atoms with Crippen molar-refractivity contribution in [1.82, 2.24) is 0 Å². The van der Waals surface area contributed by atoms with E-state index in [9.17, 15) is 5.26 Å². The molecule has 4 heteroatoms. The molecule has 0 saturated carbocycles. The summed E-state index contributed by atoms with van der Waals surface area (Å²) in [6.07, 6.45) is 3.02. The zero-order valence-electron chi connectivity index (χ0n) is 10.3. The lowest BCUT2D eigenvalue weighted by atomic mass is 9.81. The lowest BCUT2D eigenvalue weighted by molar-refractivity contribution is 0.511. The summed E-state index contributed by atoms with van der Waals surface area (Å²) in [5, 5.41) is 15.2. The van der Waals surface area contributed by atoms with Gasteiger partial charge < -0.3 is 5.32 Å². The molecule has 96 valence electrons. The van der Waals surface area contributed by atoms with Gasteiger partial charge >= 0.3 is 0 Å². The van der Waals surface area contributed by atoms with Crippen molar-refractivity contribution < 1.29 is 0 Å². The molecule has 0 radical (unpaired) electrons. The number of benzene rings is 1. The molecule has 0 spiro atoms. The van der Waals surface area contributed by atoms with Crippen molar-refractivity contribution in [1.29, 1.82) is 5.26 Å². The number of anilines is 1. The smallest absolute Gasteiger partial charge is 0.152 e. The molecule has 1 N–H and O–H groups in total. The second-order valence-corrected chi connectivity index (χ2v) is 6.68. The summed E-state index contributed by atoms with van der Waals surface area (Å²) in [7, 11) is 0. The SMILES string of the molecule is N#CC1(Nc2ccc(Br)cc2)CCCc2sccc21. The predicted molar refractivity (Wildman–Crippen MR) is 82.3 cm³/mol. The van der Waals surface area contributed by atoms with Gasteiger partial charge in [-0.1, -0.05) is 15.9 Å². The highest BCUT2D eigenvalue weighted by molar-refractivity contribution is 9.10. The number of hydrogen-bond acceptors (Lipinski definition) is 3. The molecule has 1 heterocycles. The fourth-order valence-electron chi connectivity index (χ4n) is 2.62. The number of thiophene rings is 1. The van der Waals surface area contributed by atoms with Crippen LogP contribution in [0, 0.1) is 11.3 Å². The van der Waals surface area contributed by atoms with Gasteiger partial charge in [-0.25, -0.2) is 0 Å². The molecular weight excluding hydrogens is 320 g/mol. The van der Waals surface area contributed by atoms with E-state index in [1.807, 2.05) is 24.3 Å². The first kappa shape index (κ1) is 12.7. The minimum atomic E-state index is -0.568. The van der Waals surface area contributed by atoms with Crippen LogP contribution in [0.1, 0.15) is 23.3 Å². The molecule has 1 unspecified atom stereocenters. The van der Waals surface area contributed by atoms with Crippen LogP contribution in [0.2, 0.25) is 0 Å². The number of aryl methyl sites for hydroxylation is 1. The van der Waals surface area contributed by atoms with Crippen LogP contribution in [-0.2, 0) is 12.0 Å². The van der Waals surface area contributed by atoms with Crippen LogP contribution in [0.5, 0.6) is 0 Å². The van der Waals surface area contributed by atoms with Crippen molar-refractivity contribution in [2.75, 3.05) is 5.32 Å². The molecule has 1 aliphatic carbocycles. The van der Waals surface area contributed by atoms with E-state index in [0.717, 1.165) is 35.0 Å². The molecule has 1 aromatic heterocycles. The van der Waals surface area contributed by atoms with E-state index < -0.39 is 5.54 Å². The molecule has 0 amide bonds. The molecular formula is C15H13BrN2S. The summed E-state index contributed by atoms with van der Waals surface area (Å²) >= 11 is 5.19. The lowest BCUT2D eigenvalue weighted by Gasteiger charge is -2.33. The van der Waals surface area contributed by atoms with E-state index in [1.54, 1.807) is 11.3 Å². The molecule has 19 heavy (non-hydrogen) atoms. The highest BCUT2D eigenvalue weighted by atomic mass is 79.9. The van der Waals surface area contributed by atoms with Gasteiger partial charge in [0.05, 0.1) is 6.07 Å². The van der Waals surface area contributed by atoms with E-state index >= 15 is 0 Å². The summed E-state index contributed by atoms with van der Waals surface area (Å²) in [5.41, 5.74) is 1.58. The van der Waals surface area contributed by atoms with Crippen molar-refractivity contribution in [2.45, 2.75) is 24.8 Å². The Morgan fingerprint density at radius 1 is 1.26 bits per heavy atom. The highest BCUT2D eigenvalue weighted by Gasteiger charge is 2.37. The second kappa shape index (κ2) is 4.99. The molecule has 1 aromatic carbocycles. The minimum Gasteiger partial charge on any atom is -0.364 e. The Hall–Kier alpha value is -1.31.